The molecular formula is C12H20N4O3. The number of aromatic nitrogens is 2. The van der Waals surface area contributed by atoms with Gasteiger partial charge in [-0.1, -0.05) is 5.16 Å². The van der Waals surface area contributed by atoms with Crippen LogP contribution in [0.15, 0.2) is 4.52 Å². The molecule has 2 N–H and O–H groups in total. The largest absolute Gasteiger partial charge is 0.362 e. The molecule has 1 saturated heterocycles. The molecule has 7 heteroatoms. The molecule has 2 heterocycles. The first kappa shape index (κ1) is 14.0. The van der Waals surface area contributed by atoms with Crippen molar-refractivity contribution >= 4 is 5.91 Å². The van der Waals surface area contributed by atoms with Crippen LogP contribution in [0.3, 0.4) is 0 Å². The maximum absolute atomic E-state index is 11.7. The fourth-order valence-electron chi connectivity index (χ4n) is 2.12. The first-order valence-corrected chi connectivity index (χ1v) is 6.55. The van der Waals surface area contributed by atoms with E-state index in [1.54, 1.807) is 6.92 Å². The van der Waals surface area contributed by atoms with Gasteiger partial charge in [0.15, 0.2) is 5.82 Å². The Bertz CT molecular complexity index is 421. The number of nitrogens with zero attached hydrogens (tertiary/aromatic N) is 2. The summed E-state index contributed by atoms with van der Waals surface area (Å²) in [5.41, 5.74) is 0. The van der Waals surface area contributed by atoms with Crippen LogP contribution in [0.4, 0.5) is 0 Å². The fraction of sp³-hybridized carbons (Fsp3) is 0.750. The van der Waals surface area contributed by atoms with E-state index in [9.17, 15) is 4.79 Å². The van der Waals surface area contributed by atoms with Crippen molar-refractivity contribution in [3.05, 3.63) is 11.7 Å². The summed E-state index contributed by atoms with van der Waals surface area (Å²) in [6, 6.07) is 0.479. The average molecular weight is 268 g/mol. The third kappa shape index (κ3) is 4.29. The smallest absolute Gasteiger partial charge is 0.252 e. The van der Waals surface area contributed by atoms with Crippen LogP contribution in [0.25, 0.3) is 0 Å². The molecule has 1 aromatic rings. The van der Waals surface area contributed by atoms with Crippen molar-refractivity contribution in [2.24, 2.45) is 0 Å². The van der Waals surface area contributed by atoms with Gasteiger partial charge >= 0.3 is 0 Å². The Morgan fingerprint density at radius 3 is 3.16 bits per heavy atom. The van der Waals surface area contributed by atoms with E-state index in [4.69, 9.17) is 9.26 Å². The van der Waals surface area contributed by atoms with Crippen molar-refractivity contribution in [1.29, 1.82) is 0 Å². The minimum absolute atomic E-state index is 0.00461. The summed E-state index contributed by atoms with van der Waals surface area (Å²) in [6.45, 7) is 4.99. The van der Waals surface area contributed by atoms with Gasteiger partial charge in [-0.25, -0.2) is 0 Å². The van der Waals surface area contributed by atoms with E-state index in [0.717, 1.165) is 19.4 Å². The van der Waals surface area contributed by atoms with E-state index in [0.29, 0.717) is 17.8 Å². The van der Waals surface area contributed by atoms with Crippen molar-refractivity contribution in [1.82, 2.24) is 20.8 Å². The number of aryl methyl sites for hydroxylation is 1. The summed E-state index contributed by atoms with van der Waals surface area (Å²) < 4.78 is 10.1. The van der Waals surface area contributed by atoms with Crippen LogP contribution in [0.1, 0.15) is 31.5 Å². The number of carbonyl (C=O) groups excluding carboxylic acids is 1. The second-order valence-corrected chi connectivity index (χ2v) is 4.79. The predicted molar refractivity (Wildman–Crippen MR) is 67.3 cm³/mol. The zero-order valence-electron chi connectivity index (χ0n) is 11.3. The fourth-order valence-corrected chi connectivity index (χ4v) is 2.12. The average Bonchev–Trinajstić information content (AvgIpc) is 2.78. The van der Waals surface area contributed by atoms with Crippen molar-refractivity contribution in [3.63, 3.8) is 0 Å². The lowest BCUT2D eigenvalue weighted by atomic mass is 10.00. The number of rotatable bonds is 5. The summed E-state index contributed by atoms with van der Waals surface area (Å²) >= 11 is 0. The Labute approximate surface area is 112 Å². The predicted octanol–water partition coefficient (Wildman–Crippen LogP) is 0.151. The highest BCUT2D eigenvalue weighted by molar-refractivity contribution is 5.77. The third-order valence-electron chi connectivity index (χ3n) is 3.14. The Morgan fingerprint density at radius 2 is 2.47 bits per heavy atom. The zero-order chi connectivity index (χ0) is 13.7. The van der Waals surface area contributed by atoms with Gasteiger partial charge in [0.2, 0.25) is 5.91 Å². The quantitative estimate of drug-likeness (QED) is 0.790. The number of hydrogen-bond donors (Lipinski definition) is 2. The molecule has 1 fully saturated rings. The van der Waals surface area contributed by atoms with Crippen LogP contribution in [-0.4, -0.2) is 41.3 Å². The van der Waals surface area contributed by atoms with Crippen LogP contribution >= 0.6 is 0 Å². The number of carbonyl (C=O) groups is 1. The summed E-state index contributed by atoms with van der Waals surface area (Å²) in [4.78, 5) is 15.7. The molecule has 1 aromatic heterocycles. The molecule has 0 aliphatic carbocycles. The lowest BCUT2D eigenvalue weighted by molar-refractivity contribution is -0.127. The van der Waals surface area contributed by atoms with Gasteiger partial charge in [0.25, 0.3) is 5.89 Å². The maximum atomic E-state index is 11.7. The maximum Gasteiger partial charge on any atom is 0.252 e. The van der Waals surface area contributed by atoms with Crippen molar-refractivity contribution in [2.75, 3.05) is 13.2 Å². The second kappa shape index (κ2) is 6.63. The molecule has 1 aliphatic rings. The van der Waals surface area contributed by atoms with Gasteiger partial charge in [0.05, 0.1) is 0 Å². The van der Waals surface area contributed by atoms with Crippen LogP contribution in [0, 0.1) is 6.92 Å². The van der Waals surface area contributed by atoms with Crippen molar-refractivity contribution in [2.45, 2.75) is 45.4 Å². The molecule has 0 aromatic carbocycles. The summed E-state index contributed by atoms with van der Waals surface area (Å²) in [6.07, 6.45) is 2.08. The van der Waals surface area contributed by atoms with E-state index in [1.165, 1.54) is 0 Å². The minimum Gasteiger partial charge on any atom is -0.362 e. The van der Waals surface area contributed by atoms with Gasteiger partial charge in [0.1, 0.15) is 13.2 Å². The molecule has 2 rings (SSSR count). The molecule has 0 radical (unpaired) electrons. The Morgan fingerprint density at radius 1 is 1.63 bits per heavy atom. The normalized spacial score (nSPS) is 23.3. The highest BCUT2D eigenvalue weighted by Gasteiger charge is 2.22. The molecule has 2 unspecified atom stereocenters. The SMILES string of the molecule is Cc1noc(COCC(=O)NC2CCCNC2C)n1. The summed E-state index contributed by atoms with van der Waals surface area (Å²) in [5.74, 6) is 0.833. The number of amides is 1. The minimum atomic E-state index is -0.114. The monoisotopic (exact) mass is 268 g/mol. The zero-order valence-corrected chi connectivity index (χ0v) is 11.3. The molecule has 106 valence electrons. The lowest BCUT2D eigenvalue weighted by Gasteiger charge is -2.30. The molecule has 1 amide bonds. The lowest BCUT2D eigenvalue weighted by Crippen LogP contribution is -2.52. The molecule has 2 atom stereocenters. The van der Waals surface area contributed by atoms with Gasteiger partial charge in [-0.3, -0.25) is 4.79 Å². The van der Waals surface area contributed by atoms with Crippen molar-refractivity contribution in [3.8, 4) is 0 Å². The van der Waals surface area contributed by atoms with Crippen LogP contribution in [0.5, 0.6) is 0 Å². The van der Waals surface area contributed by atoms with Gasteiger partial charge < -0.3 is 19.9 Å². The molecular weight excluding hydrogens is 248 g/mol. The molecule has 1 aliphatic heterocycles. The van der Waals surface area contributed by atoms with Gasteiger partial charge in [-0.15, -0.1) is 0 Å². The Kier molecular flexibility index (Phi) is 4.86. The standard InChI is InChI=1S/C12H20N4O3/c1-8-10(4-3-5-13-8)15-11(17)6-18-7-12-14-9(2)16-19-12/h8,10,13H,3-7H2,1-2H3,(H,15,17). The van der Waals surface area contributed by atoms with E-state index in [2.05, 4.69) is 27.7 Å². The van der Waals surface area contributed by atoms with Crippen LogP contribution in [0.2, 0.25) is 0 Å². The highest BCUT2D eigenvalue weighted by Crippen LogP contribution is 2.07. The summed E-state index contributed by atoms with van der Waals surface area (Å²) in [5, 5.41) is 9.94. The van der Waals surface area contributed by atoms with Gasteiger partial charge in [0, 0.05) is 12.1 Å². The molecule has 0 bridgehead atoms. The highest BCUT2D eigenvalue weighted by atomic mass is 16.5. The molecule has 0 spiro atoms. The van der Waals surface area contributed by atoms with E-state index >= 15 is 0 Å². The number of hydrogen-bond acceptors (Lipinski definition) is 6. The Hall–Kier alpha value is -1.47. The third-order valence-corrected chi connectivity index (χ3v) is 3.14. The molecule has 0 saturated carbocycles. The van der Waals surface area contributed by atoms with Gasteiger partial charge in [-0.05, 0) is 33.2 Å². The van der Waals surface area contributed by atoms with Crippen molar-refractivity contribution < 1.29 is 14.1 Å². The van der Waals surface area contributed by atoms with E-state index in [-0.39, 0.29) is 25.2 Å². The number of nitrogens with one attached hydrogen (secondary N) is 2. The van der Waals surface area contributed by atoms with E-state index in [1.807, 2.05) is 0 Å². The van der Waals surface area contributed by atoms with Gasteiger partial charge in [-0.2, -0.15) is 4.98 Å². The first-order chi connectivity index (χ1) is 9.15. The topological polar surface area (TPSA) is 89.3 Å². The molecule has 19 heavy (non-hydrogen) atoms. The first-order valence-electron chi connectivity index (χ1n) is 6.55. The number of ether oxygens (including phenoxy) is 1. The van der Waals surface area contributed by atoms with Crippen LogP contribution < -0.4 is 10.6 Å². The van der Waals surface area contributed by atoms with E-state index < -0.39 is 0 Å². The summed E-state index contributed by atoms with van der Waals surface area (Å²) in [7, 11) is 0. The van der Waals surface area contributed by atoms with Crippen LogP contribution in [-0.2, 0) is 16.1 Å². The molecule has 7 nitrogen and oxygen atoms in total. The second-order valence-electron chi connectivity index (χ2n) is 4.79. The Balaban J connectivity index is 1.66. The number of piperidine rings is 1.